The molecule has 2 heterocycles. The summed E-state index contributed by atoms with van der Waals surface area (Å²) in [6.07, 6.45) is 0.385. The van der Waals surface area contributed by atoms with Crippen LogP contribution in [0.2, 0.25) is 0 Å². The number of ether oxygens (including phenoxy) is 1. The highest BCUT2D eigenvalue weighted by molar-refractivity contribution is 7.99. The van der Waals surface area contributed by atoms with Crippen LogP contribution < -0.4 is 0 Å². The molecule has 0 aliphatic heterocycles. The summed E-state index contributed by atoms with van der Waals surface area (Å²) in [5, 5.41) is 8.01. The Labute approximate surface area is 119 Å². The van der Waals surface area contributed by atoms with E-state index in [9.17, 15) is 4.79 Å². The minimum absolute atomic E-state index is 0.163. The number of hydrogen-bond acceptors (Lipinski definition) is 7. The Hall–Kier alpha value is -1.34. The number of hydrogen-bond donors (Lipinski definition) is 0. The van der Waals surface area contributed by atoms with Crippen molar-refractivity contribution in [3.8, 4) is 11.5 Å². The Morgan fingerprint density at radius 2 is 2.47 bits per heavy atom. The van der Waals surface area contributed by atoms with Crippen molar-refractivity contribution in [1.82, 2.24) is 10.1 Å². The summed E-state index contributed by atoms with van der Waals surface area (Å²) in [5.74, 6) is 1.60. The smallest absolute Gasteiger partial charge is 0.306 e. The molecular weight excluding hydrogens is 284 g/mol. The number of rotatable bonds is 6. The van der Waals surface area contributed by atoms with E-state index in [1.54, 1.807) is 23.1 Å². The lowest BCUT2D eigenvalue weighted by Gasteiger charge is -2.07. The van der Waals surface area contributed by atoms with Gasteiger partial charge in [-0.15, -0.1) is 11.8 Å². The Kier molecular flexibility index (Phi) is 4.98. The third-order valence-electron chi connectivity index (χ3n) is 2.41. The molecule has 2 rings (SSSR count). The van der Waals surface area contributed by atoms with Gasteiger partial charge in [0.2, 0.25) is 0 Å². The summed E-state index contributed by atoms with van der Waals surface area (Å²) in [4.78, 5) is 15.4. The molecule has 1 unspecified atom stereocenters. The maximum absolute atomic E-state index is 11.1. The van der Waals surface area contributed by atoms with Gasteiger partial charge in [0, 0.05) is 10.6 Å². The molecule has 7 heteroatoms. The Bertz CT molecular complexity index is 525. The number of thiophene rings is 1. The lowest BCUT2D eigenvalue weighted by atomic mass is 10.3. The average molecular weight is 298 g/mol. The summed E-state index contributed by atoms with van der Waals surface area (Å²) < 4.78 is 9.81. The molecule has 2 aromatic heterocycles. The standard InChI is InChI=1S/C12H14N2O3S2/c1-8(5-11(15)16-2)19-7-10-13-12(17-14-10)9-3-4-18-6-9/h3-4,6,8H,5,7H2,1-2H3. The number of nitrogens with zero attached hydrogens (tertiary/aromatic N) is 2. The normalized spacial score (nSPS) is 12.3. The Morgan fingerprint density at radius 3 is 3.16 bits per heavy atom. The molecule has 2 aromatic rings. The lowest BCUT2D eigenvalue weighted by Crippen LogP contribution is -2.08. The molecule has 0 saturated carbocycles. The summed E-state index contributed by atoms with van der Waals surface area (Å²) in [6, 6.07) is 1.94. The molecule has 1 atom stereocenters. The molecule has 0 bridgehead atoms. The summed E-state index contributed by atoms with van der Waals surface area (Å²) in [6.45, 7) is 1.97. The summed E-state index contributed by atoms with van der Waals surface area (Å²) >= 11 is 3.19. The third kappa shape index (κ3) is 4.07. The molecule has 19 heavy (non-hydrogen) atoms. The van der Waals surface area contributed by atoms with E-state index < -0.39 is 0 Å². The van der Waals surface area contributed by atoms with Crippen LogP contribution in [0.4, 0.5) is 0 Å². The van der Waals surface area contributed by atoms with Gasteiger partial charge in [-0.1, -0.05) is 12.1 Å². The van der Waals surface area contributed by atoms with Crippen LogP contribution in [0.5, 0.6) is 0 Å². The Morgan fingerprint density at radius 1 is 1.63 bits per heavy atom. The van der Waals surface area contributed by atoms with Gasteiger partial charge in [0.1, 0.15) is 0 Å². The second-order valence-corrected chi connectivity index (χ2v) is 6.14. The molecule has 0 saturated heterocycles. The van der Waals surface area contributed by atoms with E-state index in [1.165, 1.54) is 7.11 Å². The van der Waals surface area contributed by atoms with Crippen LogP contribution in [0.3, 0.4) is 0 Å². The van der Waals surface area contributed by atoms with Crippen molar-refractivity contribution in [1.29, 1.82) is 0 Å². The highest BCUT2D eigenvalue weighted by Gasteiger charge is 2.13. The van der Waals surface area contributed by atoms with Gasteiger partial charge in [-0.05, 0) is 11.4 Å². The van der Waals surface area contributed by atoms with Gasteiger partial charge in [-0.3, -0.25) is 4.79 Å². The molecule has 0 aliphatic rings. The van der Waals surface area contributed by atoms with Crippen LogP contribution in [-0.2, 0) is 15.3 Å². The molecule has 5 nitrogen and oxygen atoms in total. The first kappa shape index (κ1) is 14.1. The fourth-order valence-electron chi connectivity index (χ4n) is 1.41. The number of methoxy groups -OCH3 is 1. The van der Waals surface area contributed by atoms with Crippen molar-refractivity contribution in [2.45, 2.75) is 24.3 Å². The molecule has 0 spiro atoms. The van der Waals surface area contributed by atoms with Gasteiger partial charge in [-0.25, -0.2) is 0 Å². The molecule has 0 aliphatic carbocycles. The van der Waals surface area contributed by atoms with Crippen LogP contribution >= 0.6 is 23.1 Å². The van der Waals surface area contributed by atoms with Crippen molar-refractivity contribution in [3.05, 3.63) is 22.7 Å². The predicted octanol–water partition coefficient (Wildman–Crippen LogP) is 2.98. The number of aromatic nitrogens is 2. The van der Waals surface area contributed by atoms with Crippen LogP contribution in [0.25, 0.3) is 11.5 Å². The van der Waals surface area contributed by atoms with Gasteiger partial charge < -0.3 is 9.26 Å². The van der Waals surface area contributed by atoms with Crippen molar-refractivity contribution in [3.63, 3.8) is 0 Å². The van der Waals surface area contributed by atoms with Crippen molar-refractivity contribution >= 4 is 29.1 Å². The Balaban J connectivity index is 1.85. The second kappa shape index (κ2) is 6.72. The minimum atomic E-state index is -0.202. The van der Waals surface area contributed by atoms with E-state index in [1.807, 2.05) is 23.8 Å². The topological polar surface area (TPSA) is 65.2 Å². The number of esters is 1. The van der Waals surface area contributed by atoms with Crippen LogP contribution in [-0.4, -0.2) is 28.5 Å². The van der Waals surface area contributed by atoms with E-state index >= 15 is 0 Å². The summed E-state index contributed by atoms with van der Waals surface area (Å²) in [5.41, 5.74) is 0.941. The number of carbonyl (C=O) groups excluding carboxylic acids is 1. The zero-order valence-electron chi connectivity index (χ0n) is 10.7. The highest BCUT2D eigenvalue weighted by atomic mass is 32.2. The summed E-state index contributed by atoms with van der Waals surface area (Å²) in [7, 11) is 1.39. The molecule has 0 aromatic carbocycles. The van der Waals surface area contributed by atoms with E-state index in [4.69, 9.17) is 4.52 Å². The molecule has 0 amide bonds. The molecule has 0 N–H and O–H groups in total. The van der Waals surface area contributed by atoms with Gasteiger partial charge in [0.15, 0.2) is 5.82 Å². The van der Waals surface area contributed by atoms with Gasteiger partial charge in [0.05, 0.1) is 24.8 Å². The third-order valence-corrected chi connectivity index (χ3v) is 4.26. The zero-order chi connectivity index (χ0) is 13.7. The van der Waals surface area contributed by atoms with E-state index in [2.05, 4.69) is 14.9 Å². The van der Waals surface area contributed by atoms with Gasteiger partial charge in [0.25, 0.3) is 5.89 Å². The molecule has 102 valence electrons. The van der Waals surface area contributed by atoms with Crippen molar-refractivity contribution in [2.24, 2.45) is 0 Å². The van der Waals surface area contributed by atoms with Crippen LogP contribution in [0, 0.1) is 0 Å². The van der Waals surface area contributed by atoms with Crippen LogP contribution in [0.1, 0.15) is 19.2 Å². The first-order valence-electron chi connectivity index (χ1n) is 5.72. The minimum Gasteiger partial charge on any atom is -0.469 e. The SMILES string of the molecule is COC(=O)CC(C)SCc1noc(-c2ccsc2)n1. The number of thioether (sulfide) groups is 1. The molecule has 0 fully saturated rings. The zero-order valence-corrected chi connectivity index (χ0v) is 12.3. The van der Waals surface area contributed by atoms with Crippen LogP contribution in [0.15, 0.2) is 21.3 Å². The maximum atomic E-state index is 11.1. The van der Waals surface area contributed by atoms with Crippen molar-refractivity contribution < 1.29 is 14.1 Å². The predicted molar refractivity (Wildman–Crippen MR) is 75.0 cm³/mol. The maximum Gasteiger partial charge on any atom is 0.306 e. The lowest BCUT2D eigenvalue weighted by molar-refractivity contribution is -0.140. The van der Waals surface area contributed by atoms with Gasteiger partial charge >= 0.3 is 5.97 Å². The van der Waals surface area contributed by atoms with E-state index in [-0.39, 0.29) is 11.2 Å². The first-order valence-corrected chi connectivity index (χ1v) is 7.71. The highest BCUT2D eigenvalue weighted by Crippen LogP contribution is 2.23. The van der Waals surface area contributed by atoms with Crippen molar-refractivity contribution in [2.75, 3.05) is 7.11 Å². The monoisotopic (exact) mass is 298 g/mol. The fraction of sp³-hybridized carbons (Fsp3) is 0.417. The fourth-order valence-corrected chi connectivity index (χ4v) is 2.84. The van der Waals surface area contributed by atoms with Gasteiger partial charge in [-0.2, -0.15) is 16.3 Å². The molecular formula is C12H14N2O3S2. The largest absolute Gasteiger partial charge is 0.469 e. The number of carbonyl (C=O) groups is 1. The van der Waals surface area contributed by atoms with E-state index in [0.29, 0.717) is 23.9 Å². The van der Waals surface area contributed by atoms with E-state index in [0.717, 1.165) is 5.56 Å². The average Bonchev–Trinajstić information content (AvgIpc) is 3.06. The first-order chi connectivity index (χ1) is 9.19. The second-order valence-electron chi connectivity index (χ2n) is 3.93. The quantitative estimate of drug-likeness (QED) is 0.764. The molecule has 0 radical (unpaired) electrons.